The third kappa shape index (κ3) is 3.94. The Morgan fingerprint density at radius 3 is 2.80 bits per heavy atom. The Bertz CT molecular complexity index is 235. The third-order valence-electron chi connectivity index (χ3n) is 2.90. The molecule has 0 saturated heterocycles. The maximum atomic E-state index is 4.29. The zero-order chi connectivity index (χ0) is 11.3. The lowest BCUT2D eigenvalue weighted by Gasteiger charge is -2.21. The van der Waals surface area contributed by atoms with Crippen LogP contribution in [0, 0.1) is 5.92 Å². The molecule has 0 bridgehead atoms. The molecule has 1 aliphatic rings. The molecule has 0 heterocycles. The first-order chi connectivity index (χ1) is 7.19. The zero-order valence-corrected chi connectivity index (χ0v) is 10.2. The second-order valence-corrected chi connectivity index (χ2v) is 4.36. The van der Waals surface area contributed by atoms with Crippen molar-refractivity contribution in [2.24, 2.45) is 10.9 Å². The van der Waals surface area contributed by atoms with Crippen molar-refractivity contribution in [3.8, 4) is 0 Å². The maximum absolute atomic E-state index is 4.29. The average molecular weight is 209 g/mol. The van der Waals surface area contributed by atoms with Crippen molar-refractivity contribution in [2.45, 2.75) is 32.2 Å². The van der Waals surface area contributed by atoms with E-state index in [2.05, 4.69) is 35.8 Å². The molecule has 1 aliphatic carbocycles. The Labute approximate surface area is 93.3 Å². The van der Waals surface area contributed by atoms with Gasteiger partial charge in [0.25, 0.3) is 0 Å². The molecule has 0 aromatic carbocycles. The van der Waals surface area contributed by atoms with Crippen LogP contribution < -0.4 is 5.32 Å². The molecule has 0 spiro atoms. The number of hydrogen-bond acceptors (Lipinski definition) is 1. The summed E-state index contributed by atoms with van der Waals surface area (Å²) in [7, 11) is 3.94. The zero-order valence-electron chi connectivity index (χ0n) is 10.2. The van der Waals surface area contributed by atoms with Crippen LogP contribution in [0.15, 0.2) is 17.6 Å². The van der Waals surface area contributed by atoms with Crippen molar-refractivity contribution < 1.29 is 0 Å². The largest absolute Gasteiger partial charge is 0.353 e. The van der Waals surface area contributed by atoms with Crippen LogP contribution >= 0.6 is 0 Å². The van der Waals surface area contributed by atoms with E-state index in [0.717, 1.165) is 31.3 Å². The molecule has 2 unspecified atom stereocenters. The van der Waals surface area contributed by atoms with Gasteiger partial charge in [0, 0.05) is 26.7 Å². The average Bonchev–Trinajstić information content (AvgIpc) is 2.91. The van der Waals surface area contributed by atoms with Crippen LogP contribution in [-0.4, -0.2) is 37.5 Å². The summed E-state index contributed by atoms with van der Waals surface area (Å²) < 4.78 is 0. The van der Waals surface area contributed by atoms with Crippen LogP contribution in [0.2, 0.25) is 0 Å². The lowest BCUT2D eigenvalue weighted by atomic mass is 10.3. The highest BCUT2D eigenvalue weighted by Gasteiger charge is 2.33. The predicted octanol–water partition coefficient (Wildman–Crippen LogP) is 1.87. The van der Waals surface area contributed by atoms with Gasteiger partial charge in [-0.3, -0.25) is 4.99 Å². The molecule has 1 saturated carbocycles. The van der Waals surface area contributed by atoms with Gasteiger partial charge in [-0.05, 0) is 25.2 Å². The van der Waals surface area contributed by atoms with Gasteiger partial charge in [0.05, 0.1) is 0 Å². The Morgan fingerprint density at radius 2 is 2.33 bits per heavy atom. The molecule has 0 amide bonds. The fourth-order valence-corrected chi connectivity index (χ4v) is 1.61. The fourth-order valence-electron chi connectivity index (χ4n) is 1.61. The summed E-state index contributed by atoms with van der Waals surface area (Å²) in [4.78, 5) is 6.48. The van der Waals surface area contributed by atoms with Crippen LogP contribution in [-0.2, 0) is 0 Å². The van der Waals surface area contributed by atoms with Crippen molar-refractivity contribution in [3.05, 3.63) is 12.7 Å². The van der Waals surface area contributed by atoms with Crippen LogP contribution in [0.5, 0.6) is 0 Å². The number of allylic oxidation sites excluding steroid dienone is 1. The quantitative estimate of drug-likeness (QED) is 0.324. The van der Waals surface area contributed by atoms with Gasteiger partial charge < -0.3 is 10.2 Å². The predicted molar refractivity (Wildman–Crippen MR) is 66.1 cm³/mol. The van der Waals surface area contributed by atoms with Crippen molar-refractivity contribution in [1.29, 1.82) is 0 Å². The Balaban J connectivity index is 2.27. The van der Waals surface area contributed by atoms with Gasteiger partial charge in [-0.1, -0.05) is 13.0 Å². The second kappa shape index (κ2) is 5.79. The summed E-state index contributed by atoms with van der Waals surface area (Å²) in [5.74, 6) is 1.83. The molecular weight excluding hydrogens is 186 g/mol. The van der Waals surface area contributed by atoms with Crippen molar-refractivity contribution in [1.82, 2.24) is 10.2 Å². The molecule has 3 nitrogen and oxygen atoms in total. The summed E-state index contributed by atoms with van der Waals surface area (Å²) in [5.41, 5.74) is 0. The minimum absolute atomic E-state index is 0.644. The molecule has 0 radical (unpaired) electrons. The molecule has 1 rings (SSSR count). The van der Waals surface area contributed by atoms with Gasteiger partial charge in [0.15, 0.2) is 5.96 Å². The van der Waals surface area contributed by atoms with Crippen molar-refractivity contribution >= 4 is 5.96 Å². The van der Waals surface area contributed by atoms with Crippen molar-refractivity contribution in [3.63, 3.8) is 0 Å². The van der Waals surface area contributed by atoms with Gasteiger partial charge in [0.2, 0.25) is 0 Å². The van der Waals surface area contributed by atoms with Crippen molar-refractivity contribution in [2.75, 3.05) is 20.6 Å². The van der Waals surface area contributed by atoms with E-state index in [1.54, 1.807) is 0 Å². The summed E-state index contributed by atoms with van der Waals surface area (Å²) in [6.45, 7) is 7.03. The fraction of sp³-hybridized carbons (Fsp3) is 0.750. The molecule has 1 N–H and O–H groups in total. The molecule has 0 aromatic heterocycles. The normalized spacial score (nSPS) is 24.9. The Kier molecular flexibility index (Phi) is 4.66. The minimum atomic E-state index is 0.644. The smallest absolute Gasteiger partial charge is 0.193 e. The molecule has 3 heteroatoms. The van der Waals surface area contributed by atoms with Gasteiger partial charge in [-0.25, -0.2) is 0 Å². The molecule has 0 aromatic rings. The highest BCUT2D eigenvalue weighted by Crippen LogP contribution is 2.28. The van der Waals surface area contributed by atoms with Gasteiger partial charge >= 0.3 is 0 Å². The van der Waals surface area contributed by atoms with E-state index in [1.165, 1.54) is 6.42 Å². The van der Waals surface area contributed by atoms with Gasteiger partial charge in [-0.15, -0.1) is 6.58 Å². The maximum Gasteiger partial charge on any atom is 0.193 e. The topological polar surface area (TPSA) is 27.6 Å². The molecule has 1 fully saturated rings. The van der Waals surface area contributed by atoms with Gasteiger partial charge in [0.1, 0.15) is 0 Å². The summed E-state index contributed by atoms with van der Waals surface area (Å²) in [5, 5.41) is 3.47. The van der Waals surface area contributed by atoms with Crippen LogP contribution in [0.4, 0.5) is 0 Å². The molecular formula is C12H23N3. The minimum Gasteiger partial charge on any atom is -0.353 e. The standard InChI is InChI=1S/C12H23N3/c1-5-6-7-8-15(4)12(13-3)14-11-9-10(11)2/h5,10-11H,1,6-9H2,2-4H3,(H,13,14). The van der Waals surface area contributed by atoms with E-state index in [9.17, 15) is 0 Å². The number of nitrogens with zero attached hydrogens (tertiary/aromatic N) is 2. The number of aliphatic imine (C=N–C) groups is 1. The van der Waals surface area contributed by atoms with E-state index >= 15 is 0 Å². The van der Waals surface area contributed by atoms with Crippen LogP contribution in [0.1, 0.15) is 26.2 Å². The molecule has 15 heavy (non-hydrogen) atoms. The Hall–Kier alpha value is -0.990. The van der Waals surface area contributed by atoms with Crippen LogP contribution in [0.25, 0.3) is 0 Å². The highest BCUT2D eigenvalue weighted by atomic mass is 15.3. The van der Waals surface area contributed by atoms with E-state index in [1.807, 2.05) is 13.1 Å². The Morgan fingerprint density at radius 1 is 1.67 bits per heavy atom. The van der Waals surface area contributed by atoms with E-state index < -0.39 is 0 Å². The molecule has 2 atom stereocenters. The lowest BCUT2D eigenvalue weighted by molar-refractivity contribution is 0.468. The number of hydrogen-bond donors (Lipinski definition) is 1. The number of nitrogens with one attached hydrogen (secondary N) is 1. The molecule has 86 valence electrons. The SMILES string of the molecule is C=CCCCN(C)C(=NC)NC1CC1C. The van der Waals surface area contributed by atoms with E-state index in [-0.39, 0.29) is 0 Å². The first-order valence-electron chi connectivity index (χ1n) is 5.74. The van der Waals surface area contributed by atoms with E-state index in [0.29, 0.717) is 6.04 Å². The first-order valence-corrected chi connectivity index (χ1v) is 5.74. The third-order valence-corrected chi connectivity index (χ3v) is 2.90. The highest BCUT2D eigenvalue weighted by molar-refractivity contribution is 5.80. The summed E-state index contributed by atoms with van der Waals surface area (Å²) in [6, 6.07) is 0.644. The summed E-state index contributed by atoms with van der Waals surface area (Å²) >= 11 is 0. The van der Waals surface area contributed by atoms with Gasteiger partial charge in [-0.2, -0.15) is 0 Å². The van der Waals surface area contributed by atoms with Crippen LogP contribution in [0.3, 0.4) is 0 Å². The van der Waals surface area contributed by atoms with E-state index in [4.69, 9.17) is 0 Å². The monoisotopic (exact) mass is 209 g/mol. The lowest BCUT2D eigenvalue weighted by Crippen LogP contribution is -2.40. The number of guanidine groups is 1. The molecule has 0 aliphatic heterocycles. The summed E-state index contributed by atoms with van der Waals surface area (Å²) in [6.07, 6.45) is 5.45. The first kappa shape index (κ1) is 12.1. The number of rotatable bonds is 5. The number of unbranched alkanes of at least 4 members (excludes halogenated alkanes) is 1. The second-order valence-electron chi connectivity index (χ2n) is 4.36.